The quantitative estimate of drug-likeness (QED) is 0.423. The highest BCUT2D eigenvalue weighted by atomic mass is 32.2. The second-order valence-corrected chi connectivity index (χ2v) is 6.74. The van der Waals surface area contributed by atoms with Gasteiger partial charge in [-0.25, -0.2) is 0 Å². The Hall–Kier alpha value is -3.03. The Bertz CT molecular complexity index is 920. The van der Waals surface area contributed by atoms with E-state index in [9.17, 15) is 18.5 Å². The Morgan fingerprint density at radius 3 is 1.58 bits per heavy atom. The van der Waals surface area contributed by atoms with E-state index in [4.69, 9.17) is 4.55 Å². The molecule has 0 heterocycles. The summed E-state index contributed by atoms with van der Waals surface area (Å²) >= 11 is 0. The molecular weight excluding hydrogens is 354 g/mol. The monoisotopic (exact) mass is 371 g/mol. The van der Waals surface area contributed by atoms with Crippen molar-refractivity contribution >= 4 is 15.8 Å². The Morgan fingerprint density at radius 1 is 0.769 bits per heavy atom. The van der Waals surface area contributed by atoms with Crippen LogP contribution >= 0.6 is 0 Å². The van der Waals surface area contributed by atoms with Crippen LogP contribution in [0.5, 0.6) is 0 Å². The Morgan fingerprint density at radius 2 is 1.19 bits per heavy atom. The largest absolute Gasteiger partial charge is 0.301 e. The van der Waals surface area contributed by atoms with Gasteiger partial charge in [0.25, 0.3) is 5.69 Å². The molecule has 0 amide bonds. The molecule has 7 heteroatoms. The van der Waals surface area contributed by atoms with E-state index in [1.807, 2.05) is 0 Å². The number of nitro benzene ring substituents is 1. The fraction of sp³-hybridized carbons (Fsp3) is 0.0526. The fourth-order valence-corrected chi connectivity index (χ4v) is 2.91. The second-order valence-electron chi connectivity index (χ2n) is 5.35. The summed E-state index contributed by atoms with van der Waals surface area (Å²) < 4.78 is 29.8. The van der Waals surface area contributed by atoms with Crippen molar-refractivity contribution in [1.82, 2.24) is 0 Å². The molecule has 0 aliphatic heterocycles. The Kier molecular flexibility index (Phi) is 6.60. The van der Waals surface area contributed by atoms with E-state index in [0.717, 1.165) is 18.6 Å². The molecule has 0 bridgehead atoms. The van der Waals surface area contributed by atoms with Crippen LogP contribution in [0.2, 0.25) is 0 Å². The summed E-state index contributed by atoms with van der Waals surface area (Å²) in [5, 5.41) is 10.3. The van der Waals surface area contributed by atoms with Gasteiger partial charge in [0.15, 0.2) is 4.90 Å². The first-order chi connectivity index (χ1) is 12.4. The summed E-state index contributed by atoms with van der Waals surface area (Å²) in [5.41, 5.74) is 2.10. The summed E-state index contributed by atoms with van der Waals surface area (Å²) in [5.74, 6) is 0. The van der Waals surface area contributed by atoms with Gasteiger partial charge in [-0.05, 0) is 23.6 Å². The zero-order valence-electron chi connectivity index (χ0n) is 13.7. The minimum Gasteiger partial charge on any atom is -0.282 e. The minimum atomic E-state index is -4.52. The third-order valence-corrected chi connectivity index (χ3v) is 4.33. The van der Waals surface area contributed by atoms with Crippen molar-refractivity contribution in [3.8, 4) is 0 Å². The van der Waals surface area contributed by atoms with Crippen LogP contribution in [0, 0.1) is 10.1 Å². The molecule has 3 aromatic carbocycles. The molecular formula is C19H17NO5S. The fourth-order valence-electron chi connectivity index (χ4n) is 2.25. The van der Waals surface area contributed by atoms with Crippen molar-refractivity contribution in [2.75, 3.05) is 0 Å². The van der Waals surface area contributed by atoms with Crippen LogP contribution in [0.4, 0.5) is 5.69 Å². The van der Waals surface area contributed by atoms with Crippen molar-refractivity contribution in [2.24, 2.45) is 0 Å². The van der Waals surface area contributed by atoms with Crippen molar-refractivity contribution in [1.29, 1.82) is 0 Å². The Balaban J connectivity index is 0.000000187. The van der Waals surface area contributed by atoms with Gasteiger partial charge in [0.1, 0.15) is 0 Å². The highest BCUT2D eigenvalue weighted by Gasteiger charge is 2.22. The van der Waals surface area contributed by atoms with Gasteiger partial charge >= 0.3 is 10.1 Å². The molecule has 3 rings (SSSR count). The molecule has 0 saturated heterocycles. The lowest BCUT2D eigenvalue weighted by Crippen LogP contribution is -2.02. The number of hydrogen-bond acceptors (Lipinski definition) is 4. The smallest absolute Gasteiger partial charge is 0.282 e. The molecule has 0 spiro atoms. The van der Waals surface area contributed by atoms with Gasteiger partial charge in [-0.15, -0.1) is 0 Å². The van der Waals surface area contributed by atoms with E-state index < -0.39 is 25.6 Å². The maximum Gasteiger partial charge on any atom is 0.301 e. The lowest BCUT2D eigenvalue weighted by molar-refractivity contribution is -0.387. The molecule has 3 aromatic rings. The topological polar surface area (TPSA) is 97.5 Å². The van der Waals surface area contributed by atoms with Gasteiger partial charge in [0, 0.05) is 6.07 Å². The van der Waals surface area contributed by atoms with Gasteiger partial charge in [-0.3, -0.25) is 14.7 Å². The summed E-state index contributed by atoms with van der Waals surface area (Å²) in [7, 11) is -4.52. The third-order valence-electron chi connectivity index (χ3n) is 3.43. The first-order valence-electron chi connectivity index (χ1n) is 7.66. The minimum absolute atomic E-state index is 0.634. The van der Waals surface area contributed by atoms with Gasteiger partial charge in [-0.2, -0.15) is 8.42 Å². The maximum atomic E-state index is 10.6. The van der Waals surface area contributed by atoms with Crippen LogP contribution < -0.4 is 0 Å². The first-order valence-corrected chi connectivity index (χ1v) is 9.10. The van der Waals surface area contributed by atoms with Gasteiger partial charge < -0.3 is 0 Å². The molecule has 0 saturated carbocycles. The van der Waals surface area contributed by atoms with Crippen LogP contribution in [0.15, 0.2) is 89.8 Å². The molecule has 0 atom stereocenters. The summed E-state index contributed by atoms with van der Waals surface area (Å²) in [6.07, 6.45) is 1.03. The molecule has 134 valence electrons. The van der Waals surface area contributed by atoms with E-state index in [-0.39, 0.29) is 0 Å². The molecule has 0 aromatic heterocycles. The number of nitrogens with zero attached hydrogens (tertiary/aromatic N) is 1. The van der Waals surface area contributed by atoms with Crippen molar-refractivity contribution in [3.63, 3.8) is 0 Å². The predicted octanol–water partition coefficient (Wildman–Crippen LogP) is 4.12. The third kappa shape index (κ3) is 5.80. The second kappa shape index (κ2) is 8.89. The normalized spacial score (nSPS) is 10.5. The number of para-hydroxylation sites is 1. The summed E-state index contributed by atoms with van der Waals surface area (Å²) in [6, 6.07) is 25.6. The molecule has 0 aliphatic carbocycles. The summed E-state index contributed by atoms with van der Waals surface area (Å²) in [4.78, 5) is 8.73. The van der Waals surface area contributed by atoms with E-state index in [2.05, 4.69) is 60.7 Å². The molecule has 6 nitrogen and oxygen atoms in total. The van der Waals surface area contributed by atoms with Crippen LogP contribution in [0.25, 0.3) is 0 Å². The van der Waals surface area contributed by atoms with E-state index >= 15 is 0 Å². The molecule has 26 heavy (non-hydrogen) atoms. The van der Waals surface area contributed by atoms with Crippen LogP contribution in [0.3, 0.4) is 0 Å². The van der Waals surface area contributed by atoms with Crippen LogP contribution in [0.1, 0.15) is 11.1 Å². The highest BCUT2D eigenvalue weighted by molar-refractivity contribution is 7.86. The number of nitro groups is 1. The predicted molar refractivity (Wildman–Crippen MR) is 98.6 cm³/mol. The zero-order chi connectivity index (χ0) is 19.0. The zero-order valence-corrected chi connectivity index (χ0v) is 14.5. The van der Waals surface area contributed by atoms with Gasteiger partial charge in [0.05, 0.1) is 4.92 Å². The number of hydrogen-bond donors (Lipinski definition) is 1. The van der Waals surface area contributed by atoms with Gasteiger partial charge in [0.2, 0.25) is 0 Å². The molecule has 0 unspecified atom stereocenters. The Labute approximate surface area is 151 Å². The molecule has 1 N–H and O–H groups in total. The van der Waals surface area contributed by atoms with Crippen molar-refractivity contribution < 1.29 is 17.9 Å². The van der Waals surface area contributed by atoms with Crippen molar-refractivity contribution in [2.45, 2.75) is 11.3 Å². The molecule has 0 aliphatic rings. The van der Waals surface area contributed by atoms with E-state index in [1.165, 1.54) is 23.3 Å². The molecule has 0 radical (unpaired) electrons. The number of rotatable bonds is 4. The highest BCUT2D eigenvalue weighted by Crippen LogP contribution is 2.21. The van der Waals surface area contributed by atoms with E-state index in [0.29, 0.717) is 0 Å². The van der Waals surface area contributed by atoms with E-state index in [1.54, 1.807) is 0 Å². The lowest BCUT2D eigenvalue weighted by atomic mass is 10.1. The SMILES string of the molecule is O=[N+]([O-])c1ccccc1S(=O)(=O)O.c1ccc(Cc2ccccc2)cc1. The van der Waals surface area contributed by atoms with Crippen LogP contribution in [-0.4, -0.2) is 17.9 Å². The average molecular weight is 371 g/mol. The van der Waals surface area contributed by atoms with Crippen molar-refractivity contribution in [3.05, 3.63) is 106 Å². The van der Waals surface area contributed by atoms with Crippen LogP contribution in [-0.2, 0) is 16.5 Å². The standard InChI is InChI=1S/C13H12.C6H5NO5S/c1-3-7-12(8-4-1)11-13-9-5-2-6-10-13;8-7(9)5-3-1-2-4-6(5)13(10,11)12/h1-10H,11H2;1-4H,(H,10,11,12). The maximum absolute atomic E-state index is 10.6. The first kappa shape index (κ1) is 19.3. The average Bonchev–Trinajstić information content (AvgIpc) is 2.63. The van der Waals surface area contributed by atoms with Gasteiger partial charge in [-0.1, -0.05) is 72.8 Å². The lowest BCUT2D eigenvalue weighted by Gasteiger charge is -2.00. The summed E-state index contributed by atoms with van der Waals surface area (Å²) in [6.45, 7) is 0. The molecule has 0 fully saturated rings. The number of benzene rings is 3.